The molecule has 2 nitrogen and oxygen atoms in total. The number of hydrogen-bond donors (Lipinski definition) is 0. The Bertz CT molecular complexity index is 878. The van der Waals surface area contributed by atoms with Gasteiger partial charge >= 0.3 is 0 Å². The first-order valence-electron chi connectivity index (χ1n) is 8.94. The summed E-state index contributed by atoms with van der Waals surface area (Å²) in [6.45, 7) is 0. The van der Waals surface area contributed by atoms with Crippen molar-refractivity contribution >= 4 is 37.0 Å². The smallest absolute Gasteiger partial charge is 0.141 e. The van der Waals surface area contributed by atoms with E-state index in [0.29, 0.717) is 0 Å². The summed E-state index contributed by atoms with van der Waals surface area (Å²) in [5.41, 5.74) is 0. The summed E-state index contributed by atoms with van der Waals surface area (Å²) in [6.07, 6.45) is 0. The molecule has 2 aliphatic rings. The zero-order chi connectivity index (χ0) is 18.8. The van der Waals surface area contributed by atoms with Gasteiger partial charge in [0.2, 0.25) is 0 Å². The monoisotopic (exact) mass is 434 g/mol. The lowest BCUT2D eigenvalue weighted by atomic mass is 10.3. The van der Waals surface area contributed by atoms with E-state index in [2.05, 4.69) is 24.3 Å². The Morgan fingerprint density at radius 2 is 0.621 bits per heavy atom. The third-order valence-corrected chi connectivity index (χ3v) is 6.51. The van der Waals surface area contributed by atoms with E-state index < -0.39 is 0 Å². The Morgan fingerprint density at radius 3 is 0.897 bits per heavy atom. The fourth-order valence-electron chi connectivity index (χ4n) is 2.95. The minimum Gasteiger partial charge on any atom is -0.455 e. The van der Waals surface area contributed by atoms with Crippen LogP contribution in [0.15, 0.2) is 117 Å². The maximum Gasteiger partial charge on any atom is 0.141 e. The van der Waals surface area contributed by atoms with Gasteiger partial charge < -0.3 is 9.47 Å². The minimum absolute atomic E-state index is 0. The second-order valence-corrected chi connectivity index (χ2v) is 8.36. The Balaban J connectivity index is 0.000000137. The highest BCUT2D eigenvalue weighted by molar-refractivity contribution is 7.99. The summed E-state index contributed by atoms with van der Waals surface area (Å²) < 4.78 is 11.5. The first-order chi connectivity index (χ1) is 13.9. The Hall–Kier alpha value is -2.47. The van der Waals surface area contributed by atoms with Crippen molar-refractivity contribution in [2.75, 3.05) is 0 Å². The number of benzene rings is 4. The third-order valence-electron chi connectivity index (χ3n) is 4.28. The molecule has 2 aliphatic heterocycles. The normalized spacial score (nSPS) is 12.1. The van der Waals surface area contributed by atoms with E-state index >= 15 is 0 Å². The fraction of sp³-hybridized carbons (Fsp3) is 0. The second kappa shape index (κ2) is 8.91. The summed E-state index contributed by atoms with van der Waals surface area (Å²) in [5.74, 6) is 3.82. The van der Waals surface area contributed by atoms with Gasteiger partial charge in [0, 0.05) is 0 Å². The highest BCUT2D eigenvalue weighted by Gasteiger charge is 2.16. The molecule has 5 heteroatoms. The van der Waals surface area contributed by atoms with Gasteiger partial charge in [-0.1, -0.05) is 72.1 Å². The molecule has 0 unspecified atom stereocenters. The van der Waals surface area contributed by atoms with Crippen LogP contribution in [0.4, 0.5) is 0 Å². The fourth-order valence-corrected chi connectivity index (χ4v) is 4.85. The molecule has 0 saturated heterocycles. The van der Waals surface area contributed by atoms with Crippen LogP contribution >= 0.6 is 37.0 Å². The van der Waals surface area contributed by atoms with Crippen molar-refractivity contribution in [1.82, 2.24) is 0 Å². The standard InChI is InChI=1S/2C12H8OS.H2S/c2*1-3-7-11-9(5-1)13-10-6-2-4-8-12(10)14-11;/h2*1-8H;1H2. The van der Waals surface area contributed by atoms with E-state index in [4.69, 9.17) is 9.47 Å². The number of fused-ring (bicyclic) bond motifs is 4. The van der Waals surface area contributed by atoms with Gasteiger partial charge in [0.05, 0.1) is 19.6 Å². The number of ether oxygens (including phenoxy) is 2. The molecule has 144 valence electrons. The second-order valence-electron chi connectivity index (χ2n) is 6.20. The van der Waals surface area contributed by atoms with Gasteiger partial charge in [-0.05, 0) is 48.5 Å². The van der Waals surface area contributed by atoms with Gasteiger partial charge in [0.15, 0.2) is 0 Å². The lowest BCUT2D eigenvalue weighted by Gasteiger charge is -2.18. The predicted octanol–water partition coefficient (Wildman–Crippen LogP) is 8.00. The van der Waals surface area contributed by atoms with Crippen LogP contribution in [0.3, 0.4) is 0 Å². The number of hydrogen-bond acceptors (Lipinski definition) is 4. The van der Waals surface area contributed by atoms with Gasteiger partial charge in [-0.2, -0.15) is 13.5 Å². The lowest BCUT2D eigenvalue weighted by molar-refractivity contribution is 0.454. The summed E-state index contributed by atoms with van der Waals surface area (Å²) in [4.78, 5) is 4.75. The highest BCUT2D eigenvalue weighted by Crippen LogP contribution is 2.47. The molecular formula is C24H18O2S3. The van der Waals surface area contributed by atoms with Gasteiger partial charge in [0.25, 0.3) is 0 Å². The molecule has 4 aromatic rings. The first-order valence-corrected chi connectivity index (χ1v) is 10.6. The number of rotatable bonds is 0. The largest absolute Gasteiger partial charge is 0.455 e. The summed E-state index contributed by atoms with van der Waals surface area (Å²) in [7, 11) is 0. The van der Waals surface area contributed by atoms with Crippen molar-refractivity contribution in [3.8, 4) is 23.0 Å². The Kier molecular flexibility index (Phi) is 6.09. The highest BCUT2D eigenvalue weighted by atomic mass is 32.2. The molecule has 0 bridgehead atoms. The molecule has 0 aromatic heterocycles. The number of para-hydroxylation sites is 4. The third kappa shape index (κ3) is 4.27. The van der Waals surface area contributed by atoms with Crippen LogP contribution < -0.4 is 9.47 Å². The van der Waals surface area contributed by atoms with Crippen LogP contribution in [0.5, 0.6) is 23.0 Å². The van der Waals surface area contributed by atoms with E-state index in [0.717, 1.165) is 23.0 Å². The molecule has 0 spiro atoms. The lowest BCUT2D eigenvalue weighted by Crippen LogP contribution is -1.93. The van der Waals surface area contributed by atoms with Crippen molar-refractivity contribution in [2.45, 2.75) is 19.6 Å². The van der Waals surface area contributed by atoms with E-state index in [1.165, 1.54) is 19.6 Å². The van der Waals surface area contributed by atoms with Crippen molar-refractivity contribution in [1.29, 1.82) is 0 Å². The average Bonchev–Trinajstić information content (AvgIpc) is 2.76. The summed E-state index contributed by atoms with van der Waals surface area (Å²) in [6, 6.07) is 32.4. The molecule has 0 N–H and O–H groups in total. The van der Waals surface area contributed by atoms with Crippen molar-refractivity contribution in [3.05, 3.63) is 97.1 Å². The van der Waals surface area contributed by atoms with Crippen LogP contribution in [0, 0.1) is 0 Å². The topological polar surface area (TPSA) is 18.5 Å². The Labute approximate surface area is 185 Å². The van der Waals surface area contributed by atoms with Gasteiger partial charge in [0.1, 0.15) is 23.0 Å². The van der Waals surface area contributed by atoms with Gasteiger partial charge in [-0.3, -0.25) is 0 Å². The molecule has 0 saturated carbocycles. The molecule has 4 aromatic carbocycles. The zero-order valence-electron chi connectivity index (χ0n) is 15.4. The van der Waals surface area contributed by atoms with Crippen LogP contribution in [-0.4, -0.2) is 0 Å². The van der Waals surface area contributed by atoms with Crippen LogP contribution in [0.1, 0.15) is 0 Å². The van der Waals surface area contributed by atoms with Crippen molar-refractivity contribution in [2.24, 2.45) is 0 Å². The van der Waals surface area contributed by atoms with Crippen molar-refractivity contribution in [3.63, 3.8) is 0 Å². The van der Waals surface area contributed by atoms with Crippen LogP contribution in [0.25, 0.3) is 0 Å². The molecule has 6 rings (SSSR count). The average molecular weight is 435 g/mol. The SMILES string of the molecule is S.c1ccc2c(c1)Oc1ccccc1S2.c1ccc2c(c1)Oc1ccccc1S2. The van der Waals surface area contributed by atoms with Crippen LogP contribution in [0.2, 0.25) is 0 Å². The van der Waals surface area contributed by atoms with E-state index in [-0.39, 0.29) is 13.5 Å². The molecule has 0 amide bonds. The van der Waals surface area contributed by atoms with Gasteiger partial charge in [-0.25, -0.2) is 0 Å². The molecule has 29 heavy (non-hydrogen) atoms. The zero-order valence-corrected chi connectivity index (χ0v) is 18.0. The predicted molar refractivity (Wildman–Crippen MR) is 125 cm³/mol. The molecular weight excluding hydrogens is 416 g/mol. The molecule has 0 radical (unpaired) electrons. The Morgan fingerprint density at radius 1 is 0.379 bits per heavy atom. The molecule has 0 fully saturated rings. The molecule has 2 heterocycles. The van der Waals surface area contributed by atoms with E-state index in [1.54, 1.807) is 23.5 Å². The van der Waals surface area contributed by atoms with E-state index in [9.17, 15) is 0 Å². The minimum atomic E-state index is 0. The van der Waals surface area contributed by atoms with Crippen LogP contribution in [-0.2, 0) is 0 Å². The van der Waals surface area contributed by atoms with E-state index in [1.807, 2.05) is 72.8 Å². The maximum atomic E-state index is 5.76. The molecule has 0 aliphatic carbocycles. The quantitative estimate of drug-likeness (QED) is 0.241. The van der Waals surface area contributed by atoms with Gasteiger partial charge in [-0.15, -0.1) is 0 Å². The first kappa shape index (κ1) is 19.8. The molecule has 0 atom stereocenters. The summed E-state index contributed by atoms with van der Waals surface area (Å²) >= 11 is 3.51. The maximum absolute atomic E-state index is 5.76. The van der Waals surface area contributed by atoms with Crippen molar-refractivity contribution < 1.29 is 9.47 Å². The summed E-state index contributed by atoms with van der Waals surface area (Å²) in [5, 5.41) is 0.